The Morgan fingerprint density at radius 2 is 1.97 bits per heavy atom. The fraction of sp³-hybridized carbons (Fsp3) is 0.190. The van der Waals surface area contributed by atoms with Gasteiger partial charge in [0.1, 0.15) is 18.1 Å². The van der Waals surface area contributed by atoms with E-state index in [9.17, 15) is 21.6 Å². The average molecular weight is 543 g/mol. The molecule has 1 aliphatic heterocycles. The quantitative estimate of drug-likeness (QED) is 0.489. The van der Waals surface area contributed by atoms with Crippen LogP contribution in [0, 0.1) is 11.3 Å². The van der Waals surface area contributed by atoms with Crippen molar-refractivity contribution in [2.45, 2.75) is 11.1 Å². The fourth-order valence-corrected chi connectivity index (χ4v) is 4.84. The zero-order chi connectivity index (χ0) is 26.5. The molecule has 2 N–H and O–H groups in total. The number of hydrogen-bond acceptors (Lipinski definition) is 9. The summed E-state index contributed by atoms with van der Waals surface area (Å²) in [5, 5.41) is 18.2. The number of sulfonamides is 1. The number of halogens is 3. The Morgan fingerprint density at radius 1 is 1.28 bits per heavy atom. The third-order valence-electron chi connectivity index (χ3n) is 4.60. The Morgan fingerprint density at radius 3 is 2.56 bits per heavy atom. The molecule has 0 saturated heterocycles. The van der Waals surface area contributed by atoms with Crippen LogP contribution in [0.1, 0.15) is 5.56 Å². The SMILES string of the molecule is COc1cc(C#N)ccc1N1CCOc2cc(S(=O)(=O)Nc3nccs3)ccc21.O=C(O)C(F)(F)F. The first-order chi connectivity index (χ1) is 17.0. The van der Waals surface area contributed by atoms with Gasteiger partial charge in [-0.2, -0.15) is 18.4 Å². The molecule has 0 radical (unpaired) electrons. The Bertz CT molecular complexity index is 1390. The van der Waals surface area contributed by atoms with E-state index in [2.05, 4.69) is 15.8 Å². The minimum Gasteiger partial charge on any atom is -0.495 e. The lowest BCUT2D eigenvalue weighted by molar-refractivity contribution is -0.192. The maximum atomic E-state index is 12.6. The van der Waals surface area contributed by atoms with Gasteiger partial charge in [0, 0.05) is 23.7 Å². The Kier molecular flexibility index (Phi) is 7.90. The number of carbonyl (C=O) groups is 1. The molecule has 0 bridgehead atoms. The number of methoxy groups -OCH3 is 1. The third kappa shape index (κ3) is 6.15. The molecule has 10 nitrogen and oxygen atoms in total. The summed E-state index contributed by atoms with van der Waals surface area (Å²) in [7, 11) is -2.24. The van der Waals surface area contributed by atoms with Gasteiger partial charge in [0.05, 0.1) is 41.6 Å². The highest BCUT2D eigenvalue weighted by atomic mass is 32.2. The molecule has 0 fully saturated rings. The van der Waals surface area contributed by atoms with Gasteiger partial charge < -0.3 is 19.5 Å². The molecule has 4 rings (SSSR count). The van der Waals surface area contributed by atoms with Gasteiger partial charge in [0.15, 0.2) is 5.13 Å². The number of carboxylic acid groups (broad SMARTS) is 1. The Balaban J connectivity index is 0.000000454. The lowest BCUT2D eigenvalue weighted by Crippen LogP contribution is -2.29. The van der Waals surface area contributed by atoms with Gasteiger partial charge in [-0.15, -0.1) is 11.3 Å². The van der Waals surface area contributed by atoms with Crippen LogP contribution in [0.4, 0.5) is 29.7 Å². The van der Waals surface area contributed by atoms with Crippen molar-refractivity contribution in [3.63, 3.8) is 0 Å². The Hall–Kier alpha value is -4.03. The predicted octanol–water partition coefficient (Wildman–Crippen LogP) is 3.99. The van der Waals surface area contributed by atoms with Crippen molar-refractivity contribution in [3.8, 4) is 17.6 Å². The van der Waals surface area contributed by atoms with Crippen LogP contribution < -0.4 is 19.1 Å². The highest BCUT2D eigenvalue weighted by Gasteiger charge is 2.38. The fourth-order valence-electron chi connectivity index (χ4n) is 3.04. The number of fused-ring (bicyclic) bond motifs is 1. The number of ether oxygens (including phenoxy) is 2. The molecule has 1 aromatic heterocycles. The van der Waals surface area contributed by atoms with E-state index >= 15 is 0 Å². The summed E-state index contributed by atoms with van der Waals surface area (Å²) < 4.78 is 70.7. The van der Waals surface area contributed by atoms with E-state index in [0.29, 0.717) is 41.0 Å². The number of thiazole rings is 1. The third-order valence-corrected chi connectivity index (χ3v) is 6.76. The number of nitriles is 1. The topological polar surface area (TPSA) is 142 Å². The average Bonchev–Trinajstić information content (AvgIpc) is 3.35. The summed E-state index contributed by atoms with van der Waals surface area (Å²) >= 11 is 1.20. The summed E-state index contributed by atoms with van der Waals surface area (Å²) in [6.07, 6.45) is -3.55. The van der Waals surface area contributed by atoms with Crippen LogP contribution in [-0.2, 0) is 14.8 Å². The lowest BCUT2D eigenvalue weighted by Gasteiger charge is -2.32. The lowest BCUT2D eigenvalue weighted by atomic mass is 10.1. The van der Waals surface area contributed by atoms with Crippen LogP contribution >= 0.6 is 11.3 Å². The second-order valence-electron chi connectivity index (χ2n) is 6.87. The number of aromatic nitrogens is 1. The van der Waals surface area contributed by atoms with Crippen molar-refractivity contribution in [2.75, 3.05) is 29.9 Å². The van der Waals surface area contributed by atoms with Gasteiger partial charge in [-0.25, -0.2) is 18.2 Å². The molecule has 190 valence electrons. The van der Waals surface area contributed by atoms with Crippen LogP contribution in [0.2, 0.25) is 0 Å². The van der Waals surface area contributed by atoms with Crippen LogP contribution in [0.15, 0.2) is 52.9 Å². The number of nitrogens with zero attached hydrogens (tertiary/aromatic N) is 3. The highest BCUT2D eigenvalue weighted by Crippen LogP contribution is 2.42. The van der Waals surface area contributed by atoms with Crippen LogP contribution in [0.5, 0.6) is 11.5 Å². The molecule has 0 amide bonds. The van der Waals surface area contributed by atoms with Gasteiger partial charge in [0.25, 0.3) is 10.0 Å². The van der Waals surface area contributed by atoms with E-state index in [-0.39, 0.29) is 4.90 Å². The number of anilines is 3. The molecule has 0 atom stereocenters. The van der Waals surface area contributed by atoms with Crippen LogP contribution in [0.25, 0.3) is 0 Å². The van der Waals surface area contributed by atoms with Crippen molar-refractivity contribution in [1.82, 2.24) is 4.98 Å². The number of carboxylic acids is 1. The van der Waals surface area contributed by atoms with Crippen LogP contribution in [0.3, 0.4) is 0 Å². The molecule has 0 aliphatic carbocycles. The molecule has 2 heterocycles. The van der Waals surface area contributed by atoms with Crippen LogP contribution in [-0.4, -0.2) is 50.9 Å². The number of rotatable bonds is 5. The van der Waals surface area contributed by atoms with E-state index in [1.54, 1.807) is 36.8 Å². The van der Waals surface area contributed by atoms with Crippen molar-refractivity contribution < 1.29 is 41.0 Å². The van der Waals surface area contributed by atoms with Gasteiger partial charge in [-0.3, -0.25) is 4.72 Å². The summed E-state index contributed by atoms with van der Waals surface area (Å²) in [6, 6.07) is 12.0. The molecular weight excluding hydrogens is 525 g/mol. The smallest absolute Gasteiger partial charge is 0.490 e. The van der Waals surface area contributed by atoms with Gasteiger partial charge in [-0.1, -0.05) is 0 Å². The second kappa shape index (κ2) is 10.7. The first kappa shape index (κ1) is 26.6. The summed E-state index contributed by atoms with van der Waals surface area (Å²) in [4.78, 5) is 14.9. The first-order valence-electron chi connectivity index (χ1n) is 9.81. The minimum atomic E-state index is -5.08. The normalized spacial score (nSPS) is 12.8. The maximum absolute atomic E-state index is 12.6. The van der Waals surface area contributed by atoms with Gasteiger partial charge in [0.2, 0.25) is 0 Å². The van der Waals surface area contributed by atoms with E-state index in [1.807, 2.05) is 4.90 Å². The highest BCUT2D eigenvalue weighted by molar-refractivity contribution is 7.93. The van der Waals surface area contributed by atoms with E-state index in [0.717, 1.165) is 5.69 Å². The van der Waals surface area contributed by atoms with Crippen molar-refractivity contribution in [3.05, 3.63) is 53.5 Å². The zero-order valence-electron chi connectivity index (χ0n) is 18.3. The maximum Gasteiger partial charge on any atom is 0.490 e. The number of nitrogens with one attached hydrogen (secondary N) is 1. The largest absolute Gasteiger partial charge is 0.495 e. The molecule has 15 heteroatoms. The molecule has 0 saturated carbocycles. The molecule has 1 aliphatic rings. The molecule has 0 spiro atoms. The number of alkyl halides is 3. The van der Waals surface area contributed by atoms with E-state index < -0.39 is 22.2 Å². The molecule has 2 aromatic carbocycles. The predicted molar refractivity (Wildman–Crippen MR) is 123 cm³/mol. The number of aliphatic carboxylic acids is 1. The van der Waals surface area contributed by atoms with Crippen molar-refractivity contribution in [2.24, 2.45) is 0 Å². The summed E-state index contributed by atoms with van der Waals surface area (Å²) in [5.74, 6) is -1.75. The van der Waals surface area contributed by atoms with Crippen molar-refractivity contribution >= 4 is 43.8 Å². The monoisotopic (exact) mass is 542 g/mol. The molecular formula is C21H17F3N4O6S2. The van der Waals surface area contributed by atoms with Gasteiger partial charge >= 0.3 is 12.1 Å². The van der Waals surface area contributed by atoms with E-state index in [4.69, 9.17) is 24.6 Å². The summed E-state index contributed by atoms with van der Waals surface area (Å²) in [5.41, 5.74) is 1.98. The Labute approximate surface area is 207 Å². The summed E-state index contributed by atoms with van der Waals surface area (Å²) in [6.45, 7) is 0.929. The second-order valence-corrected chi connectivity index (χ2v) is 9.45. The first-order valence-corrected chi connectivity index (χ1v) is 12.2. The molecule has 0 unspecified atom stereocenters. The number of benzene rings is 2. The zero-order valence-corrected chi connectivity index (χ0v) is 19.9. The molecule has 36 heavy (non-hydrogen) atoms. The van der Waals surface area contributed by atoms with Gasteiger partial charge in [-0.05, 0) is 24.3 Å². The van der Waals surface area contributed by atoms with Crippen molar-refractivity contribution in [1.29, 1.82) is 5.26 Å². The minimum absolute atomic E-state index is 0.0834. The van der Waals surface area contributed by atoms with E-state index in [1.165, 1.54) is 29.7 Å². The number of hydrogen-bond donors (Lipinski definition) is 2. The standard InChI is InChI=1S/C19H16N4O4S2.C2HF3O2/c1-26-17-10-13(12-20)2-4-15(17)23-7-8-27-18-11-14(3-5-16(18)23)29(24,25)22-19-21-6-9-28-19;3-2(4,5)1(6)7/h2-6,9-11H,7-8H2,1H3,(H,21,22);(H,6,7). The molecule has 3 aromatic rings.